The number of likely N-dealkylation sites (tertiary alicyclic amines) is 1. The van der Waals surface area contributed by atoms with Gasteiger partial charge in [-0.2, -0.15) is 5.10 Å². The molecule has 2 N–H and O–H groups in total. The molecule has 0 spiro atoms. The van der Waals surface area contributed by atoms with Crippen LogP contribution < -0.4 is 5.73 Å². The smallest absolute Gasteiger partial charge is 0.0595 e. The van der Waals surface area contributed by atoms with Gasteiger partial charge in [-0.25, -0.2) is 0 Å². The molecule has 1 aromatic rings. The molecule has 0 radical (unpaired) electrons. The summed E-state index contributed by atoms with van der Waals surface area (Å²) in [6.45, 7) is 3.06. The monoisotopic (exact) mass is 238 g/mol. The van der Waals surface area contributed by atoms with Crippen molar-refractivity contribution in [2.24, 2.45) is 12.8 Å². The number of nitrogens with two attached hydrogens (primary N) is 1. The maximum atomic E-state index is 6.18. The highest BCUT2D eigenvalue weighted by molar-refractivity contribution is 5.10. The Labute approximate surface area is 103 Å². The summed E-state index contributed by atoms with van der Waals surface area (Å²) in [6, 6.07) is 0.0581. The molecule has 1 aliphatic rings. The third-order valence-corrected chi connectivity index (χ3v) is 3.48. The van der Waals surface area contributed by atoms with E-state index in [1.54, 1.807) is 11.8 Å². The van der Waals surface area contributed by atoms with Crippen LogP contribution in [0.4, 0.5) is 0 Å². The number of aryl methyl sites for hydroxylation is 1. The number of rotatable bonds is 4. The maximum Gasteiger partial charge on any atom is 0.0595 e. The Hall–Kier alpha value is -0.910. The molecule has 2 rings (SSSR count). The second-order valence-electron chi connectivity index (χ2n) is 4.79. The van der Waals surface area contributed by atoms with Gasteiger partial charge in [0.2, 0.25) is 0 Å². The minimum Gasteiger partial charge on any atom is -0.381 e. The van der Waals surface area contributed by atoms with Crippen LogP contribution in [0.15, 0.2) is 12.4 Å². The van der Waals surface area contributed by atoms with E-state index < -0.39 is 0 Å². The lowest BCUT2D eigenvalue weighted by Crippen LogP contribution is -2.40. The molecule has 1 unspecified atom stereocenters. The van der Waals surface area contributed by atoms with Crippen LogP contribution in [-0.2, 0) is 11.8 Å². The first-order valence-corrected chi connectivity index (χ1v) is 6.18. The van der Waals surface area contributed by atoms with Crippen LogP contribution in [0.5, 0.6) is 0 Å². The number of piperidine rings is 1. The topological polar surface area (TPSA) is 56.3 Å². The fourth-order valence-corrected chi connectivity index (χ4v) is 2.34. The van der Waals surface area contributed by atoms with Crippen LogP contribution in [0.3, 0.4) is 0 Å². The molecule has 1 aliphatic heterocycles. The average molecular weight is 238 g/mol. The van der Waals surface area contributed by atoms with Crippen molar-refractivity contribution in [3.8, 4) is 0 Å². The first-order chi connectivity index (χ1) is 8.19. The second kappa shape index (κ2) is 5.62. The quantitative estimate of drug-likeness (QED) is 0.831. The van der Waals surface area contributed by atoms with Crippen LogP contribution in [0, 0.1) is 0 Å². The SMILES string of the molecule is COC1CCN(CC(N)c2cnn(C)c2)CC1. The number of ether oxygens (including phenoxy) is 1. The van der Waals surface area contributed by atoms with Gasteiger partial charge in [0.05, 0.1) is 12.3 Å². The number of hydrogen-bond donors (Lipinski definition) is 1. The summed E-state index contributed by atoms with van der Waals surface area (Å²) in [5.74, 6) is 0. The molecule has 0 aromatic carbocycles. The molecule has 0 saturated carbocycles. The van der Waals surface area contributed by atoms with Crippen molar-refractivity contribution in [1.82, 2.24) is 14.7 Å². The Morgan fingerprint density at radius 1 is 1.53 bits per heavy atom. The second-order valence-corrected chi connectivity index (χ2v) is 4.79. The molecular weight excluding hydrogens is 216 g/mol. The molecule has 1 saturated heterocycles. The van der Waals surface area contributed by atoms with E-state index in [0.29, 0.717) is 6.10 Å². The number of aromatic nitrogens is 2. The van der Waals surface area contributed by atoms with E-state index in [1.165, 1.54) is 0 Å². The standard InChI is InChI=1S/C12H22N4O/c1-15-8-10(7-14-15)12(13)9-16-5-3-11(17-2)4-6-16/h7-8,11-12H,3-6,9,13H2,1-2H3. The third-order valence-electron chi connectivity index (χ3n) is 3.48. The van der Waals surface area contributed by atoms with Crippen molar-refractivity contribution in [1.29, 1.82) is 0 Å². The molecule has 0 aliphatic carbocycles. The first-order valence-electron chi connectivity index (χ1n) is 6.18. The third kappa shape index (κ3) is 3.28. The molecule has 96 valence electrons. The minimum absolute atomic E-state index is 0.0581. The van der Waals surface area contributed by atoms with E-state index in [1.807, 2.05) is 19.4 Å². The van der Waals surface area contributed by atoms with Gasteiger partial charge in [-0.05, 0) is 12.8 Å². The van der Waals surface area contributed by atoms with Crippen molar-refractivity contribution in [3.63, 3.8) is 0 Å². The average Bonchev–Trinajstić information content (AvgIpc) is 2.77. The Kier molecular flexibility index (Phi) is 4.15. The molecular formula is C12H22N4O. The molecule has 5 heteroatoms. The van der Waals surface area contributed by atoms with Gasteiger partial charge in [0, 0.05) is 51.6 Å². The predicted molar refractivity (Wildman–Crippen MR) is 66.6 cm³/mol. The maximum absolute atomic E-state index is 6.18. The molecule has 17 heavy (non-hydrogen) atoms. The van der Waals surface area contributed by atoms with Crippen LogP contribution >= 0.6 is 0 Å². The van der Waals surface area contributed by atoms with Gasteiger partial charge < -0.3 is 15.4 Å². The fourth-order valence-electron chi connectivity index (χ4n) is 2.34. The molecule has 0 bridgehead atoms. The fraction of sp³-hybridized carbons (Fsp3) is 0.750. The summed E-state index contributed by atoms with van der Waals surface area (Å²) < 4.78 is 7.16. The summed E-state index contributed by atoms with van der Waals surface area (Å²) in [5, 5.41) is 4.15. The van der Waals surface area contributed by atoms with Gasteiger partial charge in [0.25, 0.3) is 0 Å². The summed E-state index contributed by atoms with van der Waals surface area (Å²) in [6.07, 6.45) is 6.49. The van der Waals surface area contributed by atoms with Crippen molar-refractivity contribution in [2.75, 3.05) is 26.7 Å². The van der Waals surface area contributed by atoms with E-state index in [9.17, 15) is 0 Å². The number of hydrogen-bond acceptors (Lipinski definition) is 4. The molecule has 5 nitrogen and oxygen atoms in total. The van der Waals surface area contributed by atoms with Crippen LogP contribution in [0.25, 0.3) is 0 Å². The lowest BCUT2D eigenvalue weighted by molar-refractivity contribution is 0.0395. The lowest BCUT2D eigenvalue weighted by atomic mass is 10.1. The van der Waals surface area contributed by atoms with Gasteiger partial charge in [-0.1, -0.05) is 0 Å². The van der Waals surface area contributed by atoms with Gasteiger partial charge in [0.15, 0.2) is 0 Å². The van der Waals surface area contributed by atoms with Crippen LogP contribution in [-0.4, -0.2) is 47.5 Å². The minimum atomic E-state index is 0.0581. The van der Waals surface area contributed by atoms with E-state index in [-0.39, 0.29) is 6.04 Å². The van der Waals surface area contributed by atoms with Gasteiger partial charge in [-0.15, -0.1) is 0 Å². The number of methoxy groups -OCH3 is 1. The predicted octanol–water partition coefficient (Wildman–Crippen LogP) is 0.531. The summed E-state index contributed by atoms with van der Waals surface area (Å²) in [5.41, 5.74) is 7.29. The summed E-state index contributed by atoms with van der Waals surface area (Å²) >= 11 is 0. The highest BCUT2D eigenvalue weighted by atomic mass is 16.5. The largest absolute Gasteiger partial charge is 0.381 e. The van der Waals surface area contributed by atoms with Gasteiger partial charge in [-0.3, -0.25) is 4.68 Å². The van der Waals surface area contributed by atoms with Gasteiger partial charge in [0.1, 0.15) is 0 Å². The van der Waals surface area contributed by atoms with E-state index in [2.05, 4.69) is 10.00 Å². The van der Waals surface area contributed by atoms with E-state index in [0.717, 1.165) is 38.0 Å². The molecule has 1 aromatic heterocycles. The van der Waals surface area contributed by atoms with Crippen molar-refractivity contribution in [3.05, 3.63) is 18.0 Å². The van der Waals surface area contributed by atoms with E-state index in [4.69, 9.17) is 10.5 Å². The van der Waals surface area contributed by atoms with Crippen LogP contribution in [0.2, 0.25) is 0 Å². The molecule has 0 amide bonds. The number of nitrogens with zero attached hydrogens (tertiary/aromatic N) is 3. The molecule has 2 heterocycles. The summed E-state index contributed by atoms with van der Waals surface area (Å²) in [4.78, 5) is 2.41. The zero-order valence-corrected chi connectivity index (χ0v) is 10.7. The van der Waals surface area contributed by atoms with Gasteiger partial charge >= 0.3 is 0 Å². The molecule has 1 fully saturated rings. The highest BCUT2D eigenvalue weighted by Crippen LogP contribution is 2.16. The zero-order valence-electron chi connectivity index (χ0n) is 10.7. The van der Waals surface area contributed by atoms with Crippen molar-refractivity contribution >= 4 is 0 Å². The Morgan fingerprint density at radius 3 is 2.76 bits per heavy atom. The highest BCUT2D eigenvalue weighted by Gasteiger charge is 2.20. The normalized spacial score (nSPS) is 20.6. The Morgan fingerprint density at radius 2 is 2.24 bits per heavy atom. The van der Waals surface area contributed by atoms with Crippen LogP contribution in [0.1, 0.15) is 24.4 Å². The van der Waals surface area contributed by atoms with E-state index >= 15 is 0 Å². The Balaban J connectivity index is 1.81. The molecule has 1 atom stereocenters. The first kappa shape index (κ1) is 12.5. The summed E-state index contributed by atoms with van der Waals surface area (Å²) in [7, 11) is 3.71. The lowest BCUT2D eigenvalue weighted by Gasteiger charge is -2.32. The van der Waals surface area contributed by atoms with Crippen molar-refractivity contribution < 1.29 is 4.74 Å². The Bertz CT molecular complexity index is 344. The van der Waals surface area contributed by atoms with Crippen molar-refractivity contribution in [2.45, 2.75) is 25.0 Å². The zero-order chi connectivity index (χ0) is 12.3.